The second kappa shape index (κ2) is 6.21. The maximum absolute atomic E-state index is 11.9. The number of sulfone groups is 1. The molecule has 0 saturated heterocycles. The fraction of sp³-hybridized carbons (Fsp3) is 0.333. The highest BCUT2D eigenvalue weighted by Crippen LogP contribution is 2.13. The molecule has 0 aliphatic carbocycles. The Labute approximate surface area is 105 Å². The highest BCUT2D eigenvalue weighted by Gasteiger charge is 2.13. The van der Waals surface area contributed by atoms with Gasteiger partial charge in [-0.15, -0.1) is 0 Å². The fourth-order valence-electron chi connectivity index (χ4n) is 1.27. The summed E-state index contributed by atoms with van der Waals surface area (Å²) in [7, 11) is -3.13. The Morgan fingerprint density at radius 2 is 1.94 bits per heavy atom. The standard InChI is InChI=1S/C12H15BrO2S/c1-11(7-9-13)8-10-16(14,15)12-5-3-2-4-6-12/h2-7H,8-10H2,1H3/b11-7+. The number of rotatable bonds is 5. The van der Waals surface area contributed by atoms with Crippen LogP contribution < -0.4 is 0 Å². The van der Waals surface area contributed by atoms with Crippen LogP contribution in [-0.2, 0) is 9.84 Å². The maximum Gasteiger partial charge on any atom is 0.178 e. The van der Waals surface area contributed by atoms with Crippen LogP contribution >= 0.6 is 15.9 Å². The van der Waals surface area contributed by atoms with Gasteiger partial charge in [0, 0.05) is 5.33 Å². The van der Waals surface area contributed by atoms with E-state index in [1.54, 1.807) is 24.3 Å². The molecule has 0 amide bonds. The minimum Gasteiger partial charge on any atom is -0.224 e. The van der Waals surface area contributed by atoms with Crippen LogP contribution in [0.4, 0.5) is 0 Å². The van der Waals surface area contributed by atoms with E-state index >= 15 is 0 Å². The normalized spacial score (nSPS) is 12.8. The van der Waals surface area contributed by atoms with Crippen LogP contribution in [0.15, 0.2) is 46.9 Å². The molecule has 1 aromatic rings. The number of hydrogen-bond acceptors (Lipinski definition) is 2. The Morgan fingerprint density at radius 3 is 2.50 bits per heavy atom. The van der Waals surface area contributed by atoms with E-state index in [2.05, 4.69) is 15.9 Å². The van der Waals surface area contributed by atoms with Gasteiger partial charge in [0.25, 0.3) is 0 Å². The van der Waals surface area contributed by atoms with E-state index in [0.29, 0.717) is 11.3 Å². The first-order chi connectivity index (χ1) is 7.56. The lowest BCUT2D eigenvalue weighted by Gasteiger charge is -2.04. The summed E-state index contributed by atoms with van der Waals surface area (Å²) < 4.78 is 23.8. The first kappa shape index (κ1) is 13.5. The summed E-state index contributed by atoms with van der Waals surface area (Å²) in [6.07, 6.45) is 2.57. The molecule has 0 bridgehead atoms. The van der Waals surface area contributed by atoms with E-state index < -0.39 is 9.84 Å². The van der Waals surface area contributed by atoms with Gasteiger partial charge in [-0.05, 0) is 25.5 Å². The molecule has 88 valence electrons. The molecule has 0 aliphatic rings. The average Bonchev–Trinajstić information content (AvgIpc) is 2.28. The molecule has 16 heavy (non-hydrogen) atoms. The molecule has 2 nitrogen and oxygen atoms in total. The molecular weight excluding hydrogens is 288 g/mol. The molecule has 0 aliphatic heterocycles. The molecule has 0 saturated carbocycles. The van der Waals surface area contributed by atoms with E-state index in [0.717, 1.165) is 10.9 Å². The Balaban J connectivity index is 2.71. The average molecular weight is 303 g/mol. The van der Waals surface area contributed by atoms with Gasteiger partial charge in [0.2, 0.25) is 0 Å². The van der Waals surface area contributed by atoms with Gasteiger partial charge in [-0.1, -0.05) is 45.8 Å². The third-order valence-electron chi connectivity index (χ3n) is 2.29. The van der Waals surface area contributed by atoms with Crippen molar-refractivity contribution in [2.75, 3.05) is 11.1 Å². The van der Waals surface area contributed by atoms with E-state index in [4.69, 9.17) is 0 Å². The molecule has 1 aromatic carbocycles. The van der Waals surface area contributed by atoms with Crippen LogP contribution in [0, 0.1) is 0 Å². The Morgan fingerprint density at radius 1 is 1.31 bits per heavy atom. The van der Waals surface area contributed by atoms with Crippen molar-refractivity contribution in [1.29, 1.82) is 0 Å². The molecule has 0 aromatic heterocycles. The van der Waals surface area contributed by atoms with Crippen LogP contribution in [-0.4, -0.2) is 19.5 Å². The minimum absolute atomic E-state index is 0.173. The van der Waals surface area contributed by atoms with E-state index in [9.17, 15) is 8.42 Å². The molecule has 4 heteroatoms. The van der Waals surface area contributed by atoms with Gasteiger partial charge in [-0.2, -0.15) is 0 Å². The monoisotopic (exact) mass is 302 g/mol. The largest absolute Gasteiger partial charge is 0.224 e. The van der Waals surface area contributed by atoms with Gasteiger partial charge in [0.1, 0.15) is 0 Å². The lowest BCUT2D eigenvalue weighted by atomic mass is 10.2. The smallest absolute Gasteiger partial charge is 0.178 e. The molecular formula is C12H15BrO2S. The summed E-state index contributed by atoms with van der Waals surface area (Å²) in [5.41, 5.74) is 1.09. The lowest BCUT2D eigenvalue weighted by molar-refractivity contribution is 0.595. The van der Waals surface area contributed by atoms with Gasteiger partial charge < -0.3 is 0 Å². The van der Waals surface area contributed by atoms with Crippen molar-refractivity contribution in [3.8, 4) is 0 Å². The van der Waals surface area contributed by atoms with Crippen LogP contribution in [0.3, 0.4) is 0 Å². The van der Waals surface area contributed by atoms with Gasteiger partial charge in [0.05, 0.1) is 10.6 Å². The Hall–Kier alpha value is -0.610. The van der Waals surface area contributed by atoms with Crippen molar-refractivity contribution >= 4 is 25.8 Å². The van der Waals surface area contributed by atoms with Gasteiger partial charge >= 0.3 is 0 Å². The van der Waals surface area contributed by atoms with Gasteiger partial charge in [0.15, 0.2) is 9.84 Å². The number of halogens is 1. The number of allylic oxidation sites excluding steroid dienone is 2. The van der Waals surface area contributed by atoms with Crippen molar-refractivity contribution in [3.05, 3.63) is 42.0 Å². The summed E-state index contributed by atoms with van der Waals surface area (Å²) in [6.45, 7) is 1.95. The molecule has 0 spiro atoms. The van der Waals surface area contributed by atoms with Gasteiger partial charge in [-0.3, -0.25) is 0 Å². The predicted octanol–water partition coefficient (Wildman–Crippen LogP) is 3.19. The predicted molar refractivity (Wildman–Crippen MR) is 70.7 cm³/mol. The van der Waals surface area contributed by atoms with Crippen LogP contribution in [0.5, 0.6) is 0 Å². The number of hydrogen-bond donors (Lipinski definition) is 0. The molecule has 1 rings (SSSR count). The first-order valence-electron chi connectivity index (χ1n) is 5.05. The van der Waals surface area contributed by atoms with E-state index in [1.165, 1.54) is 0 Å². The van der Waals surface area contributed by atoms with Crippen molar-refractivity contribution < 1.29 is 8.42 Å². The van der Waals surface area contributed by atoms with E-state index in [1.807, 2.05) is 19.1 Å². The van der Waals surface area contributed by atoms with E-state index in [-0.39, 0.29) is 5.75 Å². The zero-order valence-electron chi connectivity index (χ0n) is 9.19. The number of benzene rings is 1. The highest BCUT2D eigenvalue weighted by molar-refractivity contribution is 9.09. The van der Waals surface area contributed by atoms with Gasteiger partial charge in [-0.25, -0.2) is 8.42 Å². The summed E-state index contributed by atoms with van der Waals surface area (Å²) in [6, 6.07) is 8.58. The van der Waals surface area contributed by atoms with Crippen molar-refractivity contribution in [2.45, 2.75) is 18.2 Å². The van der Waals surface area contributed by atoms with Crippen molar-refractivity contribution in [1.82, 2.24) is 0 Å². The fourth-order valence-corrected chi connectivity index (χ4v) is 3.23. The lowest BCUT2D eigenvalue weighted by Crippen LogP contribution is -2.07. The summed E-state index contributed by atoms with van der Waals surface area (Å²) in [5, 5.41) is 0.768. The van der Waals surface area contributed by atoms with Crippen LogP contribution in [0.2, 0.25) is 0 Å². The zero-order chi connectivity index (χ0) is 12.0. The van der Waals surface area contributed by atoms with Crippen LogP contribution in [0.1, 0.15) is 13.3 Å². The topological polar surface area (TPSA) is 34.1 Å². The van der Waals surface area contributed by atoms with Crippen LogP contribution in [0.25, 0.3) is 0 Å². The third-order valence-corrected chi connectivity index (χ3v) is 4.35. The molecule has 0 heterocycles. The third kappa shape index (κ3) is 4.10. The summed E-state index contributed by atoms with van der Waals surface area (Å²) in [4.78, 5) is 0.404. The minimum atomic E-state index is -3.13. The van der Waals surface area contributed by atoms with Crippen molar-refractivity contribution in [2.24, 2.45) is 0 Å². The second-order valence-electron chi connectivity index (χ2n) is 3.59. The molecule has 0 atom stereocenters. The summed E-state index contributed by atoms with van der Waals surface area (Å²) in [5.74, 6) is 0.173. The SMILES string of the molecule is C/C(=C\CBr)CCS(=O)(=O)c1ccccc1. The molecule has 0 N–H and O–H groups in total. The zero-order valence-corrected chi connectivity index (χ0v) is 11.6. The molecule has 0 fully saturated rings. The first-order valence-corrected chi connectivity index (χ1v) is 7.83. The second-order valence-corrected chi connectivity index (χ2v) is 6.34. The Bertz CT molecular complexity index is 449. The number of alkyl halides is 1. The quantitative estimate of drug-likeness (QED) is 0.618. The molecule has 0 unspecified atom stereocenters. The maximum atomic E-state index is 11.9. The molecule has 0 radical (unpaired) electrons. The van der Waals surface area contributed by atoms with Crippen molar-refractivity contribution in [3.63, 3.8) is 0 Å². The summed E-state index contributed by atoms with van der Waals surface area (Å²) >= 11 is 3.29. The Kier molecular flexibility index (Phi) is 5.22. The highest BCUT2D eigenvalue weighted by atomic mass is 79.9.